The van der Waals surface area contributed by atoms with Crippen LogP contribution in [0.3, 0.4) is 0 Å². The third-order valence-electron chi connectivity index (χ3n) is 11.6. The SMILES string of the molecule is CCCCc1ccc([C@@H](C(=O)[C@H](c2ccc(CCCC)cc2)N2CCCC2CN2CCCC2)N2CCCC2CN2CCCC2)cc1. The number of likely N-dealkylation sites (tertiary alicyclic amines) is 4. The van der Waals surface area contributed by atoms with Crippen molar-refractivity contribution in [2.24, 2.45) is 0 Å². The molecular formula is C41H62N4O. The molecule has 2 unspecified atom stereocenters. The fourth-order valence-corrected chi connectivity index (χ4v) is 9.00. The molecular weight excluding hydrogens is 564 g/mol. The summed E-state index contributed by atoms with van der Waals surface area (Å²) in [5, 5.41) is 0. The maximum atomic E-state index is 15.6. The van der Waals surface area contributed by atoms with E-state index < -0.39 is 0 Å². The number of benzene rings is 2. The van der Waals surface area contributed by atoms with Gasteiger partial charge in [-0.05, 0) is 139 Å². The lowest BCUT2D eigenvalue weighted by atomic mass is 9.89. The molecule has 5 heteroatoms. The predicted octanol–water partition coefficient (Wildman–Crippen LogP) is 7.84. The molecule has 5 nitrogen and oxygen atoms in total. The Balaban J connectivity index is 1.35. The smallest absolute Gasteiger partial charge is 0.176 e. The summed E-state index contributed by atoms with van der Waals surface area (Å²) in [7, 11) is 0. The molecule has 4 aliphatic heterocycles. The highest BCUT2D eigenvalue weighted by molar-refractivity contribution is 5.91. The van der Waals surface area contributed by atoms with Crippen molar-refractivity contribution in [3.63, 3.8) is 0 Å². The number of carbonyl (C=O) groups excluding carboxylic acids is 1. The van der Waals surface area contributed by atoms with E-state index in [4.69, 9.17) is 0 Å². The van der Waals surface area contributed by atoms with E-state index in [1.165, 1.54) is 125 Å². The van der Waals surface area contributed by atoms with E-state index in [1.807, 2.05) is 0 Å². The minimum atomic E-state index is -0.201. The summed E-state index contributed by atoms with van der Waals surface area (Å²) in [6, 6.07) is 19.0. The number of Topliss-reactive ketones (excluding diaryl/α,β-unsaturated/α-hetero) is 1. The van der Waals surface area contributed by atoms with Crippen LogP contribution in [0.1, 0.15) is 125 Å². The molecule has 252 valence electrons. The van der Waals surface area contributed by atoms with Crippen molar-refractivity contribution >= 4 is 5.78 Å². The molecule has 4 fully saturated rings. The van der Waals surface area contributed by atoms with Crippen LogP contribution in [0.5, 0.6) is 0 Å². The lowest BCUT2D eigenvalue weighted by Crippen LogP contribution is -2.49. The Bertz CT molecular complexity index is 1110. The first-order chi connectivity index (χ1) is 22.6. The number of unbranched alkanes of at least 4 members (excludes halogenated alkanes) is 2. The third-order valence-corrected chi connectivity index (χ3v) is 11.6. The van der Waals surface area contributed by atoms with Gasteiger partial charge in [0.1, 0.15) is 0 Å². The molecule has 0 bridgehead atoms. The molecule has 4 aliphatic rings. The van der Waals surface area contributed by atoms with Crippen molar-refractivity contribution in [2.75, 3.05) is 52.4 Å². The largest absolute Gasteiger partial charge is 0.302 e. The summed E-state index contributed by atoms with van der Waals surface area (Å²) >= 11 is 0. The molecule has 4 heterocycles. The van der Waals surface area contributed by atoms with Gasteiger partial charge < -0.3 is 9.80 Å². The summed E-state index contributed by atoms with van der Waals surface area (Å²) in [5.74, 6) is 0.407. The minimum Gasteiger partial charge on any atom is -0.302 e. The Hall–Kier alpha value is -2.05. The van der Waals surface area contributed by atoms with E-state index in [0.717, 1.165) is 39.0 Å². The van der Waals surface area contributed by atoms with Crippen LogP contribution in [-0.4, -0.2) is 89.8 Å². The van der Waals surface area contributed by atoms with Crippen molar-refractivity contribution in [1.82, 2.24) is 19.6 Å². The molecule has 2 aromatic carbocycles. The number of rotatable bonds is 16. The molecule has 0 N–H and O–H groups in total. The number of carbonyl (C=O) groups is 1. The second kappa shape index (κ2) is 16.9. The summed E-state index contributed by atoms with van der Waals surface area (Å²) in [6.45, 7) is 13.7. The molecule has 0 aliphatic carbocycles. The Morgan fingerprint density at radius 3 is 1.35 bits per heavy atom. The van der Waals surface area contributed by atoms with E-state index in [0.29, 0.717) is 17.9 Å². The van der Waals surface area contributed by atoms with E-state index >= 15 is 4.79 Å². The van der Waals surface area contributed by atoms with Gasteiger partial charge in [0.25, 0.3) is 0 Å². The summed E-state index contributed by atoms with van der Waals surface area (Å²) in [4.78, 5) is 26.2. The Morgan fingerprint density at radius 2 is 0.978 bits per heavy atom. The zero-order valence-electron chi connectivity index (χ0n) is 29.2. The second-order valence-electron chi connectivity index (χ2n) is 15.0. The molecule has 0 radical (unpaired) electrons. The summed E-state index contributed by atoms with van der Waals surface area (Å²) in [5.41, 5.74) is 5.21. The number of hydrogen-bond donors (Lipinski definition) is 0. The van der Waals surface area contributed by atoms with Crippen molar-refractivity contribution in [3.8, 4) is 0 Å². The maximum Gasteiger partial charge on any atom is 0.176 e. The Morgan fingerprint density at radius 1 is 0.587 bits per heavy atom. The number of ketones is 1. The van der Waals surface area contributed by atoms with Crippen molar-refractivity contribution in [1.29, 1.82) is 0 Å². The quantitative estimate of drug-likeness (QED) is 0.189. The van der Waals surface area contributed by atoms with Crippen LogP contribution in [-0.2, 0) is 17.6 Å². The lowest BCUT2D eigenvalue weighted by Gasteiger charge is -2.40. The van der Waals surface area contributed by atoms with E-state index in [1.54, 1.807) is 0 Å². The van der Waals surface area contributed by atoms with Crippen LogP contribution in [0, 0.1) is 0 Å². The van der Waals surface area contributed by atoms with Gasteiger partial charge in [-0.15, -0.1) is 0 Å². The highest BCUT2D eigenvalue weighted by Crippen LogP contribution is 2.39. The first-order valence-electron chi connectivity index (χ1n) is 19.3. The zero-order chi connectivity index (χ0) is 31.7. The molecule has 6 rings (SSSR count). The Labute approximate surface area is 280 Å². The van der Waals surface area contributed by atoms with Crippen molar-refractivity contribution in [3.05, 3.63) is 70.8 Å². The van der Waals surface area contributed by atoms with Gasteiger partial charge >= 0.3 is 0 Å². The van der Waals surface area contributed by atoms with Crippen LogP contribution in [0.2, 0.25) is 0 Å². The fraction of sp³-hybridized carbons (Fsp3) is 0.683. The van der Waals surface area contributed by atoms with Gasteiger partial charge in [0.05, 0.1) is 12.1 Å². The standard InChI is InChI=1S/C41H62N4O/c1-3-5-13-33-17-21-35(22-18-33)39(44-29-11-15-37(44)31-42-25-7-8-26-42)41(46)40(36-23-19-34(20-24-36)14-6-4-2)45-30-12-16-38(45)32-43-27-9-10-28-43/h17-24,37-40H,3-16,25-32H2,1-2H3/t37?,38?,39-,40-/m0/s1. The lowest BCUT2D eigenvalue weighted by molar-refractivity contribution is -0.131. The van der Waals surface area contributed by atoms with Gasteiger partial charge in [-0.2, -0.15) is 0 Å². The highest BCUT2D eigenvalue weighted by Gasteiger charge is 2.44. The van der Waals surface area contributed by atoms with Crippen LogP contribution >= 0.6 is 0 Å². The molecule has 2 aromatic rings. The highest BCUT2D eigenvalue weighted by atomic mass is 16.1. The average Bonchev–Trinajstić information content (AvgIpc) is 3.92. The predicted molar refractivity (Wildman–Crippen MR) is 191 cm³/mol. The van der Waals surface area contributed by atoms with Crippen LogP contribution in [0.15, 0.2) is 48.5 Å². The molecule has 0 aromatic heterocycles. The van der Waals surface area contributed by atoms with Gasteiger partial charge in [0.2, 0.25) is 0 Å². The maximum absolute atomic E-state index is 15.6. The molecule has 0 saturated carbocycles. The molecule has 46 heavy (non-hydrogen) atoms. The third kappa shape index (κ3) is 8.32. The van der Waals surface area contributed by atoms with E-state index in [9.17, 15) is 0 Å². The van der Waals surface area contributed by atoms with Crippen molar-refractivity contribution in [2.45, 2.75) is 128 Å². The van der Waals surface area contributed by atoms with E-state index in [2.05, 4.69) is 82.0 Å². The van der Waals surface area contributed by atoms with Gasteiger partial charge in [-0.3, -0.25) is 14.6 Å². The topological polar surface area (TPSA) is 30.0 Å². The van der Waals surface area contributed by atoms with Gasteiger partial charge in [0.15, 0.2) is 5.78 Å². The second-order valence-corrected chi connectivity index (χ2v) is 15.0. The zero-order valence-corrected chi connectivity index (χ0v) is 29.2. The minimum absolute atomic E-state index is 0.201. The monoisotopic (exact) mass is 626 g/mol. The van der Waals surface area contributed by atoms with E-state index in [-0.39, 0.29) is 12.1 Å². The average molecular weight is 627 g/mol. The normalized spacial score (nSPS) is 24.7. The Kier molecular flexibility index (Phi) is 12.4. The molecule has 4 saturated heterocycles. The van der Waals surface area contributed by atoms with Gasteiger partial charge in [-0.25, -0.2) is 0 Å². The summed E-state index contributed by atoms with van der Waals surface area (Å²) < 4.78 is 0. The fourth-order valence-electron chi connectivity index (χ4n) is 9.00. The molecule has 0 spiro atoms. The summed E-state index contributed by atoms with van der Waals surface area (Å²) in [6.07, 6.45) is 17.1. The van der Waals surface area contributed by atoms with Gasteiger partial charge in [0, 0.05) is 25.2 Å². The van der Waals surface area contributed by atoms with Crippen LogP contribution < -0.4 is 0 Å². The van der Waals surface area contributed by atoms with Crippen LogP contribution in [0.4, 0.5) is 0 Å². The first kappa shape index (κ1) is 33.8. The van der Waals surface area contributed by atoms with Gasteiger partial charge in [-0.1, -0.05) is 75.2 Å². The number of hydrogen-bond acceptors (Lipinski definition) is 5. The number of aryl methyl sites for hydroxylation is 2. The molecule has 4 atom stereocenters. The van der Waals surface area contributed by atoms with Crippen molar-refractivity contribution < 1.29 is 4.79 Å². The van der Waals surface area contributed by atoms with Crippen LogP contribution in [0.25, 0.3) is 0 Å². The number of nitrogens with zero attached hydrogens (tertiary/aromatic N) is 4. The molecule has 0 amide bonds. The first-order valence-corrected chi connectivity index (χ1v) is 19.3.